The first-order valence-corrected chi connectivity index (χ1v) is 6.40. The number of methoxy groups -OCH3 is 1. The Labute approximate surface area is 104 Å². The predicted molar refractivity (Wildman–Crippen MR) is 68.1 cm³/mol. The zero-order valence-electron chi connectivity index (χ0n) is 11.1. The Balaban J connectivity index is 2.04. The molecule has 0 aromatic rings. The van der Waals surface area contributed by atoms with Gasteiger partial charge in [-0.2, -0.15) is 0 Å². The second-order valence-electron chi connectivity index (χ2n) is 4.53. The maximum atomic E-state index is 11.7. The van der Waals surface area contributed by atoms with Crippen LogP contribution in [0.3, 0.4) is 0 Å². The molecule has 1 fully saturated rings. The summed E-state index contributed by atoms with van der Waals surface area (Å²) in [6.07, 6.45) is 2.60. The van der Waals surface area contributed by atoms with Crippen LogP contribution in [-0.2, 0) is 9.53 Å². The number of ether oxygens (including phenoxy) is 1. The Bertz CT molecular complexity index is 218. The lowest BCUT2D eigenvalue weighted by atomic mass is 10.4. The van der Waals surface area contributed by atoms with E-state index in [4.69, 9.17) is 4.74 Å². The van der Waals surface area contributed by atoms with Gasteiger partial charge >= 0.3 is 0 Å². The van der Waals surface area contributed by atoms with E-state index in [-0.39, 0.29) is 5.91 Å². The van der Waals surface area contributed by atoms with E-state index < -0.39 is 0 Å². The van der Waals surface area contributed by atoms with Crippen LogP contribution < -0.4 is 5.32 Å². The van der Waals surface area contributed by atoms with Gasteiger partial charge in [0.1, 0.15) is 0 Å². The molecule has 0 aromatic heterocycles. The molecule has 5 nitrogen and oxygen atoms in total. The summed E-state index contributed by atoms with van der Waals surface area (Å²) in [5, 5.41) is 3.07. The lowest BCUT2D eigenvalue weighted by molar-refractivity contribution is -0.129. The van der Waals surface area contributed by atoms with E-state index in [0.717, 1.165) is 19.6 Å². The van der Waals surface area contributed by atoms with Crippen LogP contribution in [0, 0.1) is 0 Å². The Kier molecular flexibility index (Phi) is 7.16. The number of nitrogens with zero attached hydrogens (tertiary/aromatic N) is 2. The van der Waals surface area contributed by atoms with E-state index in [0.29, 0.717) is 13.2 Å². The average Bonchev–Trinajstić information content (AvgIpc) is 2.84. The molecule has 100 valence electrons. The maximum absolute atomic E-state index is 11.7. The van der Waals surface area contributed by atoms with E-state index in [2.05, 4.69) is 10.2 Å². The van der Waals surface area contributed by atoms with Gasteiger partial charge in [0.15, 0.2) is 0 Å². The average molecular weight is 243 g/mol. The van der Waals surface area contributed by atoms with E-state index in [1.54, 1.807) is 12.0 Å². The number of amides is 1. The minimum Gasteiger partial charge on any atom is -0.383 e. The zero-order valence-corrected chi connectivity index (χ0v) is 11.1. The Morgan fingerprint density at radius 1 is 1.41 bits per heavy atom. The Hall–Kier alpha value is -0.650. The van der Waals surface area contributed by atoms with Gasteiger partial charge in [0.05, 0.1) is 13.2 Å². The van der Waals surface area contributed by atoms with Crippen molar-refractivity contribution in [2.45, 2.75) is 12.8 Å². The van der Waals surface area contributed by atoms with Gasteiger partial charge in [0.25, 0.3) is 0 Å². The second kappa shape index (κ2) is 8.44. The summed E-state index contributed by atoms with van der Waals surface area (Å²) >= 11 is 0. The molecular weight excluding hydrogens is 218 g/mol. The zero-order chi connectivity index (χ0) is 12.5. The highest BCUT2D eigenvalue weighted by atomic mass is 16.5. The molecule has 1 aliphatic rings. The molecule has 0 atom stereocenters. The standard InChI is InChI=1S/C12H25N3O2/c1-14(8-9-15-6-3-4-7-15)12(16)11-13-5-10-17-2/h13H,3-11H2,1-2H3. The van der Waals surface area contributed by atoms with Crippen LogP contribution in [0.5, 0.6) is 0 Å². The van der Waals surface area contributed by atoms with Gasteiger partial charge < -0.3 is 19.9 Å². The molecule has 1 rings (SSSR count). The lowest BCUT2D eigenvalue weighted by Gasteiger charge is -2.21. The molecule has 0 unspecified atom stereocenters. The van der Waals surface area contributed by atoms with Gasteiger partial charge in [-0.25, -0.2) is 0 Å². The first-order valence-electron chi connectivity index (χ1n) is 6.40. The third kappa shape index (κ3) is 6.00. The van der Waals surface area contributed by atoms with E-state index in [1.807, 2.05) is 7.05 Å². The van der Waals surface area contributed by atoms with Crippen molar-refractivity contribution in [2.75, 3.05) is 60.0 Å². The van der Waals surface area contributed by atoms with Crippen LogP contribution in [0.25, 0.3) is 0 Å². The molecule has 5 heteroatoms. The number of nitrogens with one attached hydrogen (secondary N) is 1. The third-order valence-electron chi connectivity index (χ3n) is 3.14. The molecule has 17 heavy (non-hydrogen) atoms. The van der Waals surface area contributed by atoms with Gasteiger partial charge in [0.2, 0.25) is 5.91 Å². The predicted octanol–water partition coefficient (Wildman–Crippen LogP) is -0.223. The molecular formula is C12H25N3O2. The first kappa shape index (κ1) is 14.4. The molecule has 1 heterocycles. The highest BCUT2D eigenvalue weighted by Gasteiger charge is 2.13. The molecule has 1 saturated heterocycles. The SMILES string of the molecule is COCCNCC(=O)N(C)CCN1CCCC1. The van der Waals surface area contributed by atoms with Gasteiger partial charge in [0, 0.05) is 33.8 Å². The largest absolute Gasteiger partial charge is 0.383 e. The van der Waals surface area contributed by atoms with E-state index in [1.165, 1.54) is 25.9 Å². The maximum Gasteiger partial charge on any atom is 0.236 e. The van der Waals surface area contributed by atoms with Gasteiger partial charge in [-0.1, -0.05) is 0 Å². The van der Waals surface area contributed by atoms with E-state index >= 15 is 0 Å². The monoisotopic (exact) mass is 243 g/mol. The van der Waals surface area contributed by atoms with Crippen molar-refractivity contribution >= 4 is 5.91 Å². The van der Waals surface area contributed by atoms with Crippen molar-refractivity contribution in [3.8, 4) is 0 Å². The van der Waals surface area contributed by atoms with Crippen LogP contribution in [0.4, 0.5) is 0 Å². The number of carbonyl (C=O) groups excluding carboxylic acids is 1. The van der Waals surface area contributed by atoms with Crippen molar-refractivity contribution in [1.82, 2.24) is 15.1 Å². The summed E-state index contributed by atoms with van der Waals surface area (Å²) in [6.45, 7) is 5.97. The molecule has 0 saturated carbocycles. The minimum atomic E-state index is 0.153. The fourth-order valence-electron chi connectivity index (χ4n) is 1.93. The third-order valence-corrected chi connectivity index (χ3v) is 3.14. The van der Waals surface area contributed by atoms with Crippen molar-refractivity contribution in [2.24, 2.45) is 0 Å². The van der Waals surface area contributed by atoms with Crippen molar-refractivity contribution < 1.29 is 9.53 Å². The molecule has 1 aliphatic heterocycles. The van der Waals surface area contributed by atoms with Gasteiger partial charge in [-0.3, -0.25) is 4.79 Å². The highest BCUT2D eigenvalue weighted by Crippen LogP contribution is 2.06. The van der Waals surface area contributed by atoms with Crippen LogP contribution >= 0.6 is 0 Å². The quantitative estimate of drug-likeness (QED) is 0.599. The summed E-state index contributed by atoms with van der Waals surface area (Å²) in [4.78, 5) is 15.9. The molecule has 0 radical (unpaired) electrons. The molecule has 1 N–H and O–H groups in total. The number of carbonyl (C=O) groups is 1. The lowest BCUT2D eigenvalue weighted by Crippen LogP contribution is -2.40. The van der Waals surface area contributed by atoms with Crippen LogP contribution in [0.15, 0.2) is 0 Å². The van der Waals surface area contributed by atoms with Crippen molar-refractivity contribution in [3.05, 3.63) is 0 Å². The van der Waals surface area contributed by atoms with Crippen LogP contribution in [0.2, 0.25) is 0 Å². The van der Waals surface area contributed by atoms with E-state index in [9.17, 15) is 4.79 Å². The van der Waals surface area contributed by atoms with Crippen LogP contribution in [-0.4, -0.2) is 75.7 Å². The Morgan fingerprint density at radius 3 is 2.76 bits per heavy atom. The van der Waals surface area contributed by atoms with Crippen molar-refractivity contribution in [1.29, 1.82) is 0 Å². The molecule has 0 spiro atoms. The summed E-state index contributed by atoms with van der Waals surface area (Å²) < 4.78 is 4.91. The number of hydrogen-bond acceptors (Lipinski definition) is 4. The number of likely N-dealkylation sites (tertiary alicyclic amines) is 1. The summed E-state index contributed by atoms with van der Waals surface area (Å²) in [6, 6.07) is 0. The normalized spacial score (nSPS) is 16.4. The van der Waals surface area contributed by atoms with Crippen LogP contribution in [0.1, 0.15) is 12.8 Å². The van der Waals surface area contributed by atoms with Gasteiger partial charge in [-0.05, 0) is 25.9 Å². The highest BCUT2D eigenvalue weighted by molar-refractivity contribution is 5.77. The first-order chi connectivity index (χ1) is 8.24. The number of likely N-dealkylation sites (N-methyl/N-ethyl adjacent to an activating group) is 1. The summed E-state index contributed by atoms with van der Waals surface area (Å²) in [5.74, 6) is 0.153. The smallest absolute Gasteiger partial charge is 0.236 e. The fraction of sp³-hybridized carbons (Fsp3) is 0.917. The number of hydrogen-bond donors (Lipinski definition) is 1. The molecule has 0 aliphatic carbocycles. The molecule has 0 bridgehead atoms. The fourth-order valence-corrected chi connectivity index (χ4v) is 1.93. The van der Waals surface area contributed by atoms with Gasteiger partial charge in [-0.15, -0.1) is 0 Å². The second-order valence-corrected chi connectivity index (χ2v) is 4.53. The summed E-state index contributed by atoms with van der Waals surface area (Å²) in [7, 11) is 3.53. The molecule has 0 aromatic carbocycles. The minimum absolute atomic E-state index is 0.153. The van der Waals surface area contributed by atoms with Crippen molar-refractivity contribution in [3.63, 3.8) is 0 Å². The Morgan fingerprint density at radius 2 is 2.12 bits per heavy atom. The molecule has 1 amide bonds. The summed E-state index contributed by atoms with van der Waals surface area (Å²) in [5.41, 5.74) is 0. The topological polar surface area (TPSA) is 44.8 Å². The number of rotatable bonds is 8.